The minimum absolute atomic E-state index is 0. The van der Waals surface area contributed by atoms with Gasteiger partial charge in [-0.05, 0) is 0 Å². The van der Waals surface area contributed by atoms with Gasteiger partial charge in [0.15, 0.2) is 0 Å². The Morgan fingerprint density at radius 1 is 1.00 bits per heavy atom. The standard InChI is InChI=1S/Co.Cu.Mo.Ni. The largest absolute Gasteiger partial charge is 0 e. The molecule has 0 N–H and O–H groups in total. The van der Waals surface area contributed by atoms with Gasteiger partial charge in [0.1, 0.15) is 0 Å². The van der Waals surface area contributed by atoms with E-state index >= 15 is 0 Å². The van der Waals surface area contributed by atoms with Crippen LogP contribution in [-0.2, 0) is 71.4 Å². The SMILES string of the molecule is [Co].[Cu].[Mo].[Ni]. The number of rotatable bonds is 0. The number of hydrogen-bond donors (Lipinski definition) is 0. The molecular formula is CoCuMoNi. The van der Waals surface area contributed by atoms with Gasteiger partial charge in [0.25, 0.3) is 0 Å². The molecule has 0 fully saturated rings. The first-order valence-electron chi connectivity index (χ1n) is 0. The molecule has 0 amide bonds. The number of hydrogen-bond acceptors (Lipinski definition) is 0. The fraction of sp³-hybridized carbons (Fsp3) is 0. The van der Waals surface area contributed by atoms with Crippen molar-refractivity contribution in [3.63, 3.8) is 0 Å². The fourth-order valence-electron chi connectivity index (χ4n) is 0. The Bertz CT molecular complexity index is 8.00. The second-order valence-corrected chi connectivity index (χ2v) is 0. The predicted molar refractivity (Wildman–Crippen MR) is 0 cm³/mol. The van der Waals surface area contributed by atoms with E-state index in [2.05, 4.69) is 0 Å². The first kappa shape index (κ1) is 34.5. The minimum atomic E-state index is 0. The van der Waals surface area contributed by atoms with E-state index in [-0.39, 0.29) is 71.4 Å². The van der Waals surface area contributed by atoms with Gasteiger partial charge in [0.05, 0.1) is 0 Å². The van der Waals surface area contributed by atoms with Crippen molar-refractivity contribution in [3.8, 4) is 0 Å². The monoisotopic (exact) mass is 278 g/mol. The summed E-state index contributed by atoms with van der Waals surface area (Å²) in [4.78, 5) is 0. The van der Waals surface area contributed by atoms with E-state index in [0.29, 0.717) is 0 Å². The van der Waals surface area contributed by atoms with Crippen LogP contribution in [0.1, 0.15) is 0 Å². The summed E-state index contributed by atoms with van der Waals surface area (Å²) >= 11 is 0. The van der Waals surface area contributed by atoms with Gasteiger partial charge in [0, 0.05) is 71.4 Å². The van der Waals surface area contributed by atoms with Gasteiger partial charge in [-0.2, -0.15) is 0 Å². The maximum atomic E-state index is 0. The third kappa shape index (κ3) is 8.88. The maximum absolute atomic E-state index is 0. The molecule has 0 unspecified atom stereocenters. The van der Waals surface area contributed by atoms with Crippen LogP contribution in [0.3, 0.4) is 0 Å². The fourth-order valence-corrected chi connectivity index (χ4v) is 0. The molecule has 0 aromatic rings. The zero-order valence-electron chi connectivity index (χ0n) is 1.36. The van der Waals surface area contributed by atoms with Crippen LogP contribution in [0.15, 0.2) is 0 Å². The van der Waals surface area contributed by atoms with Crippen molar-refractivity contribution in [3.05, 3.63) is 0 Å². The van der Waals surface area contributed by atoms with Crippen LogP contribution in [0.25, 0.3) is 0 Å². The van der Waals surface area contributed by atoms with E-state index in [0.717, 1.165) is 0 Å². The molecule has 0 bridgehead atoms. The van der Waals surface area contributed by atoms with Gasteiger partial charge in [-0.15, -0.1) is 0 Å². The summed E-state index contributed by atoms with van der Waals surface area (Å²) in [7, 11) is 0. The van der Waals surface area contributed by atoms with Gasteiger partial charge in [0.2, 0.25) is 0 Å². The molecule has 0 aliphatic carbocycles. The predicted octanol–water partition coefficient (Wildman–Crippen LogP) is -0.0100. The van der Waals surface area contributed by atoms with Crippen LogP contribution in [0.2, 0.25) is 0 Å². The second-order valence-electron chi connectivity index (χ2n) is 0. The van der Waals surface area contributed by atoms with Gasteiger partial charge >= 0.3 is 0 Å². The average Bonchev–Trinajstić information content (AvgIpc) is 0. The second kappa shape index (κ2) is 18.9. The van der Waals surface area contributed by atoms with Gasteiger partial charge in [-0.3, -0.25) is 0 Å². The van der Waals surface area contributed by atoms with Crippen molar-refractivity contribution in [1.29, 1.82) is 0 Å². The van der Waals surface area contributed by atoms with Crippen LogP contribution in [0.4, 0.5) is 0 Å². The van der Waals surface area contributed by atoms with Crippen LogP contribution in [0, 0.1) is 0 Å². The summed E-state index contributed by atoms with van der Waals surface area (Å²) in [6, 6.07) is 0. The molecule has 4 heteroatoms. The van der Waals surface area contributed by atoms with Crippen molar-refractivity contribution >= 4 is 0 Å². The summed E-state index contributed by atoms with van der Waals surface area (Å²) in [6.45, 7) is 0. The molecule has 0 aromatic carbocycles. The summed E-state index contributed by atoms with van der Waals surface area (Å²) < 4.78 is 0. The van der Waals surface area contributed by atoms with Crippen LogP contribution in [-0.4, -0.2) is 0 Å². The maximum Gasteiger partial charge on any atom is 0 e. The topological polar surface area (TPSA) is 0 Å². The summed E-state index contributed by atoms with van der Waals surface area (Å²) in [5, 5.41) is 0. The first-order valence-corrected chi connectivity index (χ1v) is 0. The molecule has 0 saturated heterocycles. The molecule has 0 saturated carbocycles. The average molecular weight is 277 g/mol. The Morgan fingerprint density at radius 2 is 1.00 bits per heavy atom. The van der Waals surface area contributed by atoms with E-state index in [4.69, 9.17) is 0 Å². The molecule has 0 aromatic heterocycles. The Kier molecular flexibility index (Phi) is 163. The van der Waals surface area contributed by atoms with Crippen LogP contribution in [0.5, 0.6) is 0 Å². The smallest absolute Gasteiger partial charge is 0 e. The molecule has 0 aliphatic heterocycles. The van der Waals surface area contributed by atoms with E-state index in [1.54, 1.807) is 0 Å². The van der Waals surface area contributed by atoms with Crippen molar-refractivity contribution in [2.45, 2.75) is 0 Å². The summed E-state index contributed by atoms with van der Waals surface area (Å²) in [5.41, 5.74) is 0. The molecule has 0 heterocycles. The summed E-state index contributed by atoms with van der Waals surface area (Å²) in [6.07, 6.45) is 0. The molecular weight excluding hydrogens is 277 g/mol. The molecule has 0 atom stereocenters. The van der Waals surface area contributed by atoms with Crippen molar-refractivity contribution in [2.24, 2.45) is 0 Å². The van der Waals surface area contributed by atoms with Gasteiger partial charge in [-0.25, -0.2) is 0 Å². The molecule has 36 valence electrons. The molecule has 0 nitrogen and oxygen atoms in total. The van der Waals surface area contributed by atoms with Gasteiger partial charge < -0.3 is 0 Å². The molecule has 2 radical (unpaired) electrons. The van der Waals surface area contributed by atoms with Gasteiger partial charge in [-0.1, -0.05) is 0 Å². The Morgan fingerprint density at radius 3 is 1.00 bits per heavy atom. The van der Waals surface area contributed by atoms with Crippen molar-refractivity contribution < 1.29 is 71.4 Å². The van der Waals surface area contributed by atoms with E-state index in [1.807, 2.05) is 0 Å². The first-order chi connectivity index (χ1) is 0. The van der Waals surface area contributed by atoms with E-state index in [9.17, 15) is 0 Å². The molecule has 4 heavy (non-hydrogen) atoms. The van der Waals surface area contributed by atoms with E-state index in [1.165, 1.54) is 0 Å². The van der Waals surface area contributed by atoms with Crippen molar-refractivity contribution in [1.82, 2.24) is 0 Å². The van der Waals surface area contributed by atoms with Crippen LogP contribution < -0.4 is 0 Å². The summed E-state index contributed by atoms with van der Waals surface area (Å²) in [5.74, 6) is 0. The zero-order chi connectivity index (χ0) is 0. The third-order valence-corrected chi connectivity index (χ3v) is 0. The molecule has 0 aliphatic rings. The van der Waals surface area contributed by atoms with Crippen LogP contribution >= 0.6 is 0 Å². The quantitative estimate of drug-likeness (QED) is 0.546. The third-order valence-electron chi connectivity index (χ3n) is 0. The van der Waals surface area contributed by atoms with Crippen molar-refractivity contribution in [2.75, 3.05) is 0 Å². The molecule has 0 spiro atoms. The Balaban J connectivity index is 0. The normalized spacial score (nSPS) is 0. The molecule has 0 rings (SSSR count). The Hall–Kier alpha value is 2.21. The Labute approximate surface area is 70.7 Å². The van der Waals surface area contributed by atoms with E-state index < -0.39 is 0 Å². The minimum Gasteiger partial charge on any atom is 0 e. The zero-order valence-corrected chi connectivity index (χ0v) is 6.34.